The summed E-state index contributed by atoms with van der Waals surface area (Å²) < 4.78 is 0. The van der Waals surface area contributed by atoms with Crippen LogP contribution in [0.1, 0.15) is 38.5 Å². The minimum atomic E-state index is 0.188. The van der Waals surface area contributed by atoms with Gasteiger partial charge in [0.1, 0.15) is 0 Å². The predicted octanol–water partition coefficient (Wildman–Crippen LogP) is 2.04. The Kier molecular flexibility index (Phi) is 3.94. The van der Waals surface area contributed by atoms with Gasteiger partial charge in [0.25, 0.3) is 5.91 Å². The molecule has 3 rings (SSSR count). The largest absolute Gasteiger partial charge is 0.349 e. The lowest BCUT2D eigenvalue weighted by Crippen LogP contribution is -2.32. The Morgan fingerprint density at radius 1 is 1.22 bits per heavy atom. The van der Waals surface area contributed by atoms with E-state index in [2.05, 4.69) is 16.7 Å². The lowest BCUT2D eigenvalue weighted by Gasteiger charge is -2.14. The third-order valence-corrected chi connectivity index (χ3v) is 5.76. The van der Waals surface area contributed by atoms with Crippen molar-refractivity contribution in [2.45, 2.75) is 49.8 Å². The zero-order valence-electron chi connectivity index (χ0n) is 10.8. The second-order valence-corrected chi connectivity index (χ2v) is 6.91. The number of rotatable bonds is 2. The minimum absolute atomic E-state index is 0.188. The van der Waals surface area contributed by atoms with E-state index in [1.165, 1.54) is 38.5 Å². The van der Waals surface area contributed by atoms with Gasteiger partial charge in [0.15, 0.2) is 0 Å². The Morgan fingerprint density at radius 2 is 2.00 bits per heavy atom. The molecule has 2 unspecified atom stereocenters. The highest BCUT2D eigenvalue weighted by Gasteiger charge is 2.32. The molecule has 18 heavy (non-hydrogen) atoms. The van der Waals surface area contributed by atoms with Gasteiger partial charge in [-0.05, 0) is 44.7 Å². The quantitative estimate of drug-likeness (QED) is 0.803. The van der Waals surface area contributed by atoms with Crippen molar-refractivity contribution in [3.8, 4) is 0 Å². The van der Waals surface area contributed by atoms with Crippen LogP contribution in [0.3, 0.4) is 0 Å². The summed E-state index contributed by atoms with van der Waals surface area (Å²) in [5.74, 6) is 0.794. The van der Waals surface area contributed by atoms with Gasteiger partial charge in [-0.1, -0.05) is 18.9 Å². The molecule has 100 valence electrons. The van der Waals surface area contributed by atoms with E-state index in [0.717, 1.165) is 18.0 Å². The first kappa shape index (κ1) is 12.5. The standard InChI is InChI=1S/C14H22N2OS/c17-14(16-11-3-1-2-4-11)13-9-10-5-7-15-8-6-12(10)18-13/h9-12,15H,1-8H2,(H,16,17). The number of fused-ring (bicyclic) bond motifs is 1. The zero-order chi connectivity index (χ0) is 12.4. The SMILES string of the molecule is O=C(NC1CCCC1)C1=CC2CCNCCC2S1. The highest BCUT2D eigenvalue weighted by Crippen LogP contribution is 2.40. The van der Waals surface area contributed by atoms with Crippen LogP contribution in [0.2, 0.25) is 0 Å². The fourth-order valence-electron chi connectivity index (χ4n) is 3.23. The van der Waals surface area contributed by atoms with E-state index in [9.17, 15) is 4.79 Å². The molecule has 0 aromatic rings. The first-order valence-electron chi connectivity index (χ1n) is 7.23. The van der Waals surface area contributed by atoms with Crippen molar-refractivity contribution in [1.82, 2.24) is 10.6 Å². The molecule has 0 bridgehead atoms. The van der Waals surface area contributed by atoms with Crippen molar-refractivity contribution < 1.29 is 4.79 Å². The normalized spacial score (nSPS) is 32.8. The molecular weight excluding hydrogens is 244 g/mol. The van der Waals surface area contributed by atoms with Crippen LogP contribution in [-0.2, 0) is 4.79 Å². The summed E-state index contributed by atoms with van der Waals surface area (Å²) in [6.45, 7) is 2.19. The van der Waals surface area contributed by atoms with E-state index in [0.29, 0.717) is 17.2 Å². The summed E-state index contributed by atoms with van der Waals surface area (Å²) in [4.78, 5) is 13.2. The van der Waals surface area contributed by atoms with E-state index >= 15 is 0 Å². The smallest absolute Gasteiger partial charge is 0.257 e. The van der Waals surface area contributed by atoms with Gasteiger partial charge in [-0.2, -0.15) is 0 Å². The molecule has 1 saturated heterocycles. The van der Waals surface area contributed by atoms with Gasteiger partial charge in [-0.15, -0.1) is 11.8 Å². The average molecular weight is 266 g/mol. The molecule has 1 amide bonds. The molecule has 1 aliphatic carbocycles. The summed E-state index contributed by atoms with van der Waals surface area (Å²) in [6.07, 6.45) is 9.47. The molecule has 2 atom stereocenters. The molecule has 0 radical (unpaired) electrons. The predicted molar refractivity (Wildman–Crippen MR) is 75.5 cm³/mol. The molecule has 2 heterocycles. The molecular formula is C14H22N2OS. The van der Waals surface area contributed by atoms with Crippen LogP contribution in [-0.4, -0.2) is 30.3 Å². The van der Waals surface area contributed by atoms with Crippen LogP contribution in [0.15, 0.2) is 11.0 Å². The second-order valence-electron chi connectivity index (χ2n) is 5.63. The average Bonchev–Trinajstić information content (AvgIpc) is 2.95. The van der Waals surface area contributed by atoms with Gasteiger partial charge < -0.3 is 10.6 Å². The van der Waals surface area contributed by atoms with Gasteiger partial charge in [0.2, 0.25) is 0 Å². The Morgan fingerprint density at radius 3 is 2.83 bits per heavy atom. The molecule has 4 heteroatoms. The first-order valence-corrected chi connectivity index (χ1v) is 8.11. The van der Waals surface area contributed by atoms with Crippen molar-refractivity contribution in [1.29, 1.82) is 0 Å². The number of hydrogen-bond donors (Lipinski definition) is 2. The zero-order valence-corrected chi connectivity index (χ0v) is 11.6. The molecule has 2 aliphatic heterocycles. The molecule has 3 aliphatic rings. The molecule has 2 N–H and O–H groups in total. The Balaban J connectivity index is 1.59. The number of amides is 1. The summed E-state index contributed by atoms with van der Waals surface area (Å²) in [6, 6.07) is 0.436. The maximum absolute atomic E-state index is 12.2. The van der Waals surface area contributed by atoms with E-state index in [1.54, 1.807) is 0 Å². The van der Waals surface area contributed by atoms with Gasteiger partial charge in [-0.3, -0.25) is 4.79 Å². The highest BCUT2D eigenvalue weighted by atomic mass is 32.2. The van der Waals surface area contributed by atoms with Crippen LogP contribution in [0.5, 0.6) is 0 Å². The molecule has 0 spiro atoms. The van der Waals surface area contributed by atoms with Gasteiger partial charge in [0, 0.05) is 11.3 Å². The fourth-order valence-corrected chi connectivity index (χ4v) is 4.60. The summed E-state index contributed by atoms with van der Waals surface area (Å²) in [5.41, 5.74) is 0. The lowest BCUT2D eigenvalue weighted by atomic mass is 10.00. The number of carbonyl (C=O) groups excluding carboxylic acids is 1. The topological polar surface area (TPSA) is 41.1 Å². The van der Waals surface area contributed by atoms with E-state index < -0.39 is 0 Å². The number of hydrogen-bond acceptors (Lipinski definition) is 3. The van der Waals surface area contributed by atoms with Crippen LogP contribution < -0.4 is 10.6 Å². The van der Waals surface area contributed by atoms with Gasteiger partial charge >= 0.3 is 0 Å². The van der Waals surface area contributed by atoms with Crippen molar-refractivity contribution in [3.05, 3.63) is 11.0 Å². The molecule has 0 aromatic carbocycles. The second kappa shape index (κ2) is 5.66. The fraction of sp³-hybridized carbons (Fsp3) is 0.786. The van der Waals surface area contributed by atoms with Crippen LogP contribution in [0, 0.1) is 5.92 Å². The molecule has 2 fully saturated rings. The Hall–Kier alpha value is -0.480. The first-order chi connectivity index (χ1) is 8.83. The lowest BCUT2D eigenvalue weighted by molar-refractivity contribution is -0.117. The Labute approximate surface area is 113 Å². The summed E-state index contributed by atoms with van der Waals surface area (Å²) in [5, 5.41) is 7.27. The third-order valence-electron chi connectivity index (χ3n) is 4.30. The van der Waals surface area contributed by atoms with Gasteiger partial charge in [-0.25, -0.2) is 0 Å². The summed E-state index contributed by atoms with van der Waals surface area (Å²) >= 11 is 1.81. The van der Waals surface area contributed by atoms with Crippen LogP contribution in [0.25, 0.3) is 0 Å². The van der Waals surface area contributed by atoms with Gasteiger partial charge in [0.05, 0.1) is 4.91 Å². The number of allylic oxidation sites excluding steroid dienone is 1. The maximum Gasteiger partial charge on any atom is 0.257 e. The third kappa shape index (κ3) is 2.75. The maximum atomic E-state index is 12.2. The Bertz CT molecular complexity index is 350. The minimum Gasteiger partial charge on any atom is -0.349 e. The van der Waals surface area contributed by atoms with Crippen molar-refractivity contribution in [2.75, 3.05) is 13.1 Å². The van der Waals surface area contributed by atoms with Crippen molar-refractivity contribution in [2.24, 2.45) is 5.92 Å². The van der Waals surface area contributed by atoms with E-state index in [4.69, 9.17) is 0 Å². The number of nitrogens with one attached hydrogen (secondary N) is 2. The molecule has 0 aromatic heterocycles. The van der Waals surface area contributed by atoms with Crippen LogP contribution in [0.4, 0.5) is 0 Å². The monoisotopic (exact) mass is 266 g/mol. The number of carbonyl (C=O) groups is 1. The number of thioether (sulfide) groups is 1. The van der Waals surface area contributed by atoms with E-state index in [1.807, 2.05) is 11.8 Å². The highest BCUT2D eigenvalue weighted by molar-refractivity contribution is 8.04. The molecule has 1 saturated carbocycles. The van der Waals surface area contributed by atoms with E-state index in [-0.39, 0.29) is 5.91 Å². The summed E-state index contributed by atoms with van der Waals surface area (Å²) in [7, 11) is 0. The van der Waals surface area contributed by atoms with Crippen molar-refractivity contribution >= 4 is 17.7 Å². The van der Waals surface area contributed by atoms with Crippen molar-refractivity contribution in [3.63, 3.8) is 0 Å². The van der Waals surface area contributed by atoms with Crippen LogP contribution >= 0.6 is 11.8 Å². The molecule has 3 nitrogen and oxygen atoms in total.